The minimum absolute atomic E-state index is 0.00190. The number of ether oxygens (including phenoxy) is 1. The first-order valence-electron chi connectivity index (χ1n) is 46.0. The van der Waals surface area contributed by atoms with E-state index >= 15 is 0 Å². The van der Waals surface area contributed by atoms with Crippen molar-refractivity contribution in [3.05, 3.63) is 0 Å². The van der Waals surface area contributed by atoms with Crippen LogP contribution in [0.4, 0.5) is 0 Å². The number of amides is 8. The Kier molecular flexibility index (Phi) is 55.2. The zero-order valence-electron chi connectivity index (χ0n) is 80.1. The molecule has 0 aromatic carbocycles. The summed E-state index contributed by atoms with van der Waals surface area (Å²) >= 11 is 0. The fourth-order valence-electron chi connectivity index (χ4n) is 15.8. The van der Waals surface area contributed by atoms with E-state index < -0.39 is 285 Å². The highest BCUT2D eigenvalue weighted by atomic mass is 16.6. The molecule has 0 radical (unpaired) electrons. The molecule has 0 unspecified atom stereocenters. The Morgan fingerprint density at radius 2 is 0.343 bits per heavy atom. The molecule has 0 aromatic rings. The lowest BCUT2D eigenvalue weighted by atomic mass is 9.86. The number of esters is 2. The van der Waals surface area contributed by atoms with Crippen LogP contribution in [-0.4, -0.2) is 624 Å². The average Bonchev–Trinajstić information content (AvgIpc) is 0.844. The van der Waals surface area contributed by atoms with Crippen molar-refractivity contribution < 1.29 is 162 Å². The van der Waals surface area contributed by atoms with Crippen LogP contribution in [0.25, 0.3) is 0 Å². The summed E-state index contributed by atoms with van der Waals surface area (Å²) in [4.78, 5) is 297. The van der Waals surface area contributed by atoms with Gasteiger partial charge in [-0.05, 0) is 27.7 Å². The van der Waals surface area contributed by atoms with Gasteiger partial charge in [-0.2, -0.15) is 0 Å². The van der Waals surface area contributed by atoms with Crippen LogP contribution >= 0.6 is 0 Å². The number of nitrogens with zero attached hydrogens (tertiary/aromatic N) is 16. The summed E-state index contributed by atoms with van der Waals surface area (Å²) < 4.78 is 4.72. The van der Waals surface area contributed by atoms with E-state index in [1.807, 2.05) is 0 Å². The summed E-state index contributed by atoms with van der Waals surface area (Å²) in [5.41, 5.74) is -1.90. The third kappa shape index (κ3) is 51.6. The number of carboxylic acids is 11. The van der Waals surface area contributed by atoms with Crippen molar-refractivity contribution in [1.82, 2.24) is 121 Å². The molecule has 0 saturated carbocycles. The summed E-state index contributed by atoms with van der Waals surface area (Å²) in [5.74, 6) is -22.1. The molecule has 4 aliphatic rings. The van der Waals surface area contributed by atoms with Gasteiger partial charge in [0.1, 0.15) is 0 Å². The molecular formula is C83H142N24O33. The Labute approximate surface area is 808 Å². The number of hydrogen-bond acceptors (Lipinski definition) is 38. The number of carbonyl (C=O) groups is 21. The van der Waals surface area contributed by atoms with E-state index in [0.29, 0.717) is 0 Å². The molecule has 4 fully saturated rings. The van der Waals surface area contributed by atoms with Crippen LogP contribution in [0.2, 0.25) is 0 Å². The topological polar surface area (TPSA) is 738 Å². The molecule has 792 valence electrons. The van der Waals surface area contributed by atoms with Crippen molar-refractivity contribution in [3.8, 4) is 0 Å². The Hall–Kier alpha value is -11.6. The number of rotatable bonds is 48. The molecule has 0 aliphatic carbocycles. The smallest absolute Gasteiger partial charge is 0.327 e. The van der Waals surface area contributed by atoms with Gasteiger partial charge in [0.2, 0.25) is 47.3 Å². The van der Waals surface area contributed by atoms with Crippen molar-refractivity contribution in [3.63, 3.8) is 0 Å². The van der Waals surface area contributed by atoms with E-state index in [9.17, 15) is 157 Å². The molecule has 4 rings (SSSR count). The Balaban J connectivity index is 1.81. The summed E-state index contributed by atoms with van der Waals surface area (Å²) in [5, 5.41) is 129. The zero-order chi connectivity index (χ0) is 104. The van der Waals surface area contributed by atoms with E-state index in [1.165, 1.54) is 81.6 Å². The molecule has 140 heavy (non-hydrogen) atoms. The second kappa shape index (κ2) is 64.0. The van der Waals surface area contributed by atoms with Crippen molar-refractivity contribution in [2.75, 3.05) is 340 Å². The zero-order valence-corrected chi connectivity index (χ0v) is 80.1. The first-order chi connectivity index (χ1) is 66.0. The van der Waals surface area contributed by atoms with E-state index in [-0.39, 0.29) is 209 Å². The fraction of sp³-hybridized carbons (Fsp3) is 0.747. The summed E-state index contributed by atoms with van der Waals surface area (Å²) in [7, 11) is 0. The second-order valence-corrected chi connectivity index (χ2v) is 34.9. The number of carboxylic acid groups (broad SMARTS) is 11. The van der Waals surface area contributed by atoms with Crippen molar-refractivity contribution in [1.29, 1.82) is 0 Å². The Morgan fingerprint density at radius 1 is 0.214 bits per heavy atom. The van der Waals surface area contributed by atoms with Gasteiger partial charge < -0.3 is 103 Å². The van der Waals surface area contributed by atoms with E-state index in [0.717, 1.165) is 6.92 Å². The maximum absolute atomic E-state index is 14.5. The largest absolute Gasteiger partial charge is 0.480 e. The minimum atomic E-state index is -1.90. The maximum Gasteiger partial charge on any atom is 0.327 e. The summed E-state index contributed by atoms with van der Waals surface area (Å²) in [6.07, 6.45) is 0. The second-order valence-electron chi connectivity index (χ2n) is 34.9. The minimum Gasteiger partial charge on any atom is -0.480 e. The molecule has 0 bridgehead atoms. The molecule has 4 saturated heterocycles. The number of carbonyl (C=O) groups excluding carboxylic acids is 10. The molecular weight excluding hydrogens is 1860 g/mol. The van der Waals surface area contributed by atoms with Crippen molar-refractivity contribution >= 4 is 125 Å². The standard InChI is InChI=1S/C83H142N24O33/c1-58(104-30-22-95(45-70(119)120)12-6-92(42-67(113)114)7-13-96(23-31-104)46-71(121)122)79(136)84-38-63(109)88-54-83(55-89-64(110)39-85-80(137)59(2)105-32-24-97(47-72(123)124)14-8-93(43-68(115)116)9-15-98(25-33-105)48-73(125)126,56-90-65(111)40-86-81(138)60(3)106-34-26-99(49-74(127)128)16-10-94(44-69(117)118)11-17-100(27-35-106)50-75(129)130)57-91-66(112)41-87-82(139)61(4)107-36-28-101(51-76(131)132)18-20-103(53-78(135)140-62(5)108)21-19-102(29-37-107)52-77(133)134/h58-61H,6-57H2,1-5H3,(H,84,136)(H,85,137)(H,86,138)(H,87,139)(H,88,109)(H,89,110)(H,90,111)(H,91,112)(H,113,114)(H,115,116)(H,117,118)(H,119,120)(H,121,122)(H,123,124)(H,125,126)(H,127,128)(H,129,130)(H,131,132)(H,133,134)/t58-,59-,60-,61-/m1/s1. The van der Waals surface area contributed by atoms with Crippen LogP contribution in [0, 0.1) is 5.41 Å². The van der Waals surface area contributed by atoms with Gasteiger partial charge in [-0.1, -0.05) is 0 Å². The molecule has 8 amide bonds. The van der Waals surface area contributed by atoms with Crippen molar-refractivity contribution in [2.24, 2.45) is 5.41 Å². The van der Waals surface area contributed by atoms with Gasteiger partial charge in [-0.3, -0.25) is 179 Å². The fourth-order valence-corrected chi connectivity index (χ4v) is 15.8. The lowest BCUT2D eigenvalue weighted by molar-refractivity contribution is -0.159. The number of nitrogens with one attached hydrogen (secondary N) is 8. The SMILES string of the molecule is CC(=O)OC(=O)CN1CCN(CC(=O)O)CCN([C@H](C)C(=O)NCC(=O)NCC(CNC(=O)CNC(=O)[C@@H](C)N2CCN(CC(=O)O)CCN(CC(=O)O)CCN(CC(=O)O)CC2)(CNC(=O)CNC(=O)[C@@H](C)N2CCN(CC(=O)O)CCN(CC(=O)O)CCN(CC(=O)O)CC2)CNC(=O)CNC(=O)[C@@H](C)N2CCN(CC(=O)O)CCN(CC(=O)O)CCN(CC(=O)O)CC2)CCN(CC(=O)O)CC1. The highest BCUT2D eigenvalue weighted by Crippen LogP contribution is 2.17. The normalized spacial score (nSPS) is 19.0. The van der Waals surface area contributed by atoms with Crippen LogP contribution in [0.3, 0.4) is 0 Å². The quantitative estimate of drug-likeness (QED) is 0.0199. The maximum atomic E-state index is 14.5. The van der Waals surface area contributed by atoms with Gasteiger partial charge in [-0.25, -0.2) is 0 Å². The molecule has 4 atom stereocenters. The van der Waals surface area contributed by atoms with Gasteiger partial charge in [0.15, 0.2) is 0 Å². The highest BCUT2D eigenvalue weighted by molar-refractivity contribution is 5.90. The monoisotopic (exact) mass is 2000 g/mol. The van der Waals surface area contributed by atoms with Crippen molar-refractivity contribution in [2.45, 2.75) is 58.8 Å². The predicted octanol–water partition coefficient (Wildman–Crippen LogP) is -13.6. The molecule has 57 heteroatoms. The van der Waals surface area contributed by atoms with Gasteiger partial charge in [0.25, 0.3) is 0 Å². The van der Waals surface area contributed by atoms with Crippen LogP contribution in [0.5, 0.6) is 0 Å². The molecule has 4 heterocycles. The van der Waals surface area contributed by atoms with Gasteiger partial charge in [0, 0.05) is 248 Å². The predicted molar refractivity (Wildman–Crippen MR) is 489 cm³/mol. The van der Waals surface area contributed by atoms with Crippen LogP contribution in [0.15, 0.2) is 0 Å². The molecule has 19 N–H and O–H groups in total. The molecule has 4 aliphatic heterocycles. The Morgan fingerprint density at radius 3 is 0.471 bits per heavy atom. The first kappa shape index (κ1) is 121. The number of aliphatic carboxylic acids is 11. The lowest BCUT2D eigenvalue weighted by Gasteiger charge is -2.36. The summed E-state index contributed by atoms with van der Waals surface area (Å²) in [6.45, 7) is -4.36. The molecule has 57 nitrogen and oxygen atoms in total. The third-order valence-corrected chi connectivity index (χ3v) is 24.1. The number of hydrogen-bond donors (Lipinski definition) is 19. The van der Waals surface area contributed by atoms with E-state index in [2.05, 4.69) is 42.5 Å². The summed E-state index contributed by atoms with van der Waals surface area (Å²) in [6, 6.07) is -4.57. The lowest BCUT2D eigenvalue weighted by Crippen LogP contribution is -2.59. The first-order valence-corrected chi connectivity index (χ1v) is 46.0. The molecule has 0 aromatic heterocycles. The third-order valence-electron chi connectivity index (χ3n) is 24.1. The van der Waals surface area contributed by atoms with Gasteiger partial charge in [-0.15, -0.1) is 0 Å². The Bertz CT molecular complexity index is 3720. The van der Waals surface area contributed by atoms with Crippen LogP contribution in [0.1, 0.15) is 34.6 Å². The van der Waals surface area contributed by atoms with E-state index in [4.69, 9.17) is 4.74 Å². The van der Waals surface area contributed by atoms with E-state index in [1.54, 1.807) is 24.5 Å². The van der Waals surface area contributed by atoms with Crippen LogP contribution in [-0.2, 0) is 105 Å². The van der Waals surface area contributed by atoms with Crippen LogP contribution < -0.4 is 42.5 Å². The van der Waals surface area contributed by atoms with Gasteiger partial charge in [0.05, 0.1) is 129 Å². The van der Waals surface area contributed by atoms with Gasteiger partial charge >= 0.3 is 77.6 Å². The average molecular weight is 2000 g/mol. The highest BCUT2D eigenvalue weighted by Gasteiger charge is 2.37. The molecule has 0 spiro atoms.